The van der Waals surface area contributed by atoms with Crippen molar-refractivity contribution < 1.29 is 18.7 Å². The molecule has 0 aromatic carbocycles. The first-order valence-corrected chi connectivity index (χ1v) is 8.29. The molecule has 0 N–H and O–H groups in total. The Bertz CT molecular complexity index is 631. The fourth-order valence-corrected chi connectivity index (χ4v) is 3.21. The van der Waals surface area contributed by atoms with Crippen molar-refractivity contribution in [2.24, 2.45) is 0 Å². The van der Waals surface area contributed by atoms with E-state index >= 15 is 0 Å². The number of hydrogen-bond acceptors (Lipinski definition) is 8. The number of anilines is 1. The smallest absolute Gasteiger partial charge is 0.364 e. The van der Waals surface area contributed by atoms with Crippen LogP contribution in [0.25, 0.3) is 0 Å². The minimum absolute atomic E-state index is 0.0512. The topological polar surface area (TPSA) is 116 Å². The summed E-state index contributed by atoms with van der Waals surface area (Å²) in [6.07, 6.45) is 0. The molecule has 0 radical (unpaired) electrons. The second kappa shape index (κ2) is 6.97. The molecule has 1 aromatic rings. The third-order valence-corrected chi connectivity index (χ3v) is 4.41. The number of hydrogen-bond donors (Lipinski definition) is 0. The molecule has 11 heteroatoms. The SMILES string of the molecule is CCOC(=O)c1nc(Cl)nc(N2CCS(=O)CC2)c1[N+](=O)[O-]. The molecule has 2 rings (SSSR count). The number of esters is 1. The fourth-order valence-electron chi connectivity index (χ4n) is 2.00. The Morgan fingerprint density at radius 3 is 2.64 bits per heavy atom. The molecule has 1 saturated heterocycles. The number of carbonyl (C=O) groups is 1. The maximum absolute atomic E-state index is 11.9. The van der Waals surface area contributed by atoms with Gasteiger partial charge in [-0.05, 0) is 18.5 Å². The van der Waals surface area contributed by atoms with Crippen molar-refractivity contribution in [3.8, 4) is 0 Å². The molecule has 2 heterocycles. The zero-order valence-corrected chi connectivity index (χ0v) is 13.2. The van der Waals surface area contributed by atoms with Gasteiger partial charge in [-0.25, -0.2) is 9.78 Å². The number of rotatable bonds is 4. The number of halogens is 1. The monoisotopic (exact) mass is 348 g/mol. The standard InChI is InChI=1S/C11H13ClN4O5S/c1-2-21-10(17)7-8(16(18)19)9(14-11(12)13-7)15-3-5-22(20)6-4-15/h2-6H2,1H3. The summed E-state index contributed by atoms with van der Waals surface area (Å²) in [5, 5.41) is 11.1. The van der Waals surface area contributed by atoms with Crippen molar-refractivity contribution >= 4 is 39.9 Å². The molecule has 0 atom stereocenters. The molecular weight excluding hydrogens is 336 g/mol. The molecule has 9 nitrogen and oxygen atoms in total. The predicted octanol–water partition coefficient (Wildman–Crippen LogP) is 0.784. The second-order valence-electron chi connectivity index (χ2n) is 4.33. The Hall–Kier alpha value is -1.81. The molecule has 0 saturated carbocycles. The van der Waals surface area contributed by atoms with E-state index in [4.69, 9.17) is 16.3 Å². The Morgan fingerprint density at radius 2 is 2.09 bits per heavy atom. The Labute approximate surface area is 133 Å². The summed E-state index contributed by atoms with van der Waals surface area (Å²) >= 11 is 5.78. The van der Waals surface area contributed by atoms with E-state index in [1.54, 1.807) is 11.8 Å². The molecular formula is C11H13ClN4O5S. The van der Waals surface area contributed by atoms with Crippen molar-refractivity contribution in [1.29, 1.82) is 0 Å². The van der Waals surface area contributed by atoms with E-state index in [-0.39, 0.29) is 17.7 Å². The van der Waals surface area contributed by atoms with Crippen LogP contribution in [0.3, 0.4) is 0 Å². The largest absolute Gasteiger partial charge is 0.461 e. The van der Waals surface area contributed by atoms with Gasteiger partial charge in [0.2, 0.25) is 16.8 Å². The zero-order chi connectivity index (χ0) is 16.3. The molecule has 1 fully saturated rings. The lowest BCUT2D eigenvalue weighted by Gasteiger charge is -2.27. The van der Waals surface area contributed by atoms with Crippen molar-refractivity contribution in [3.63, 3.8) is 0 Å². The number of nitrogens with zero attached hydrogens (tertiary/aromatic N) is 4. The van der Waals surface area contributed by atoms with Gasteiger partial charge in [-0.3, -0.25) is 14.3 Å². The summed E-state index contributed by atoms with van der Waals surface area (Å²) < 4.78 is 16.2. The zero-order valence-electron chi connectivity index (χ0n) is 11.7. The first-order valence-electron chi connectivity index (χ1n) is 6.43. The van der Waals surface area contributed by atoms with Gasteiger partial charge in [0.15, 0.2) is 0 Å². The lowest BCUT2D eigenvalue weighted by Crippen LogP contribution is -2.39. The van der Waals surface area contributed by atoms with Crippen LogP contribution in [0.2, 0.25) is 5.28 Å². The van der Waals surface area contributed by atoms with Crippen LogP contribution in [0, 0.1) is 10.1 Å². The van der Waals surface area contributed by atoms with E-state index in [0.29, 0.717) is 24.6 Å². The number of carbonyl (C=O) groups excluding carboxylic acids is 1. The minimum atomic E-state index is -0.954. The molecule has 0 spiro atoms. The highest BCUT2D eigenvalue weighted by Gasteiger charge is 2.33. The molecule has 1 aromatic heterocycles. The molecule has 0 unspecified atom stereocenters. The number of nitro groups is 1. The summed E-state index contributed by atoms with van der Waals surface area (Å²) in [5.41, 5.74) is -1.02. The normalized spacial score (nSPS) is 15.6. The van der Waals surface area contributed by atoms with E-state index in [1.807, 2.05) is 0 Å². The van der Waals surface area contributed by atoms with Crippen LogP contribution < -0.4 is 4.90 Å². The van der Waals surface area contributed by atoms with Crippen LogP contribution in [-0.2, 0) is 15.5 Å². The second-order valence-corrected chi connectivity index (χ2v) is 6.36. The lowest BCUT2D eigenvalue weighted by molar-refractivity contribution is -0.385. The average molecular weight is 349 g/mol. The first-order chi connectivity index (χ1) is 10.4. The summed E-state index contributed by atoms with van der Waals surface area (Å²) in [6, 6.07) is 0. The predicted molar refractivity (Wildman–Crippen MR) is 79.7 cm³/mol. The highest BCUT2D eigenvalue weighted by atomic mass is 35.5. The molecule has 1 aliphatic rings. The fraction of sp³-hybridized carbons (Fsp3) is 0.545. The quantitative estimate of drug-likeness (QED) is 0.339. The van der Waals surface area contributed by atoms with Gasteiger partial charge in [-0.2, -0.15) is 4.98 Å². The highest BCUT2D eigenvalue weighted by Crippen LogP contribution is 2.31. The third kappa shape index (κ3) is 3.50. The molecule has 0 amide bonds. The van der Waals surface area contributed by atoms with Crippen LogP contribution in [0.5, 0.6) is 0 Å². The van der Waals surface area contributed by atoms with Crippen molar-refractivity contribution in [2.75, 3.05) is 36.1 Å². The van der Waals surface area contributed by atoms with Crippen molar-refractivity contribution in [3.05, 3.63) is 21.1 Å². The van der Waals surface area contributed by atoms with Gasteiger partial charge in [0, 0.05) is 35.4 Å². The van der Waals surface area contributed by atoms with E-state index in [1.165, 1.54) is 0 Å². The third-order valence-electron chi connectivity index (χ3n) is 2.97. The van der Waals surface area contributed by atoms with Crippen molar-refractivity contribution in [2.45, 2.75) is 6.92 Å². The van der Waals surface area contributed by atoms with Gasteiger partial charge in [-0.15, -0.1) is 0 Å². The van der Waals surface area contributed by atoms with Crippen LogP contribution in [0.1, 0.15) is 17.4 Å². The number of ether oxygens (including phenoxy) is 1. The summed E-state index contributed by atoms with van der Waals surface area (Å²) in [5.74, 6) is -0.244. The van der Waals surface area contributed by atoms with E-state index in [9.17, 15) is 19.1 Å². The van der Waals surface area contributed by atoms with Gasteiger partial charge in [-0.1, -0.05) is 0 Å². The van der Waals surface area contributed by atoms with E-state index in [0.717, 1.165) is 0 Å². The highest BCUT2D eigenvalue weighted by molar-refractivity contribution is 7.85. The summed E-state index contributed by atoms with van der Waals surface area (Å²) in [7, 11) is -0.954. The van der Waals surface area contributed by atoms with Gasteiger partial charge >= 0.3 is 11.7 Å². The first kappa shape index (κ1) is 16.6. The Morgan fingerprint density at radius 1 is 1.45 bits per heavy atom. The summed E-state index contributed by atoms with van der Waals surface area (Å²) in [4.78, 5) is 31.6. The minimum Gasteiger partial charge on any atom is -0.461 e. The molecule has 0 aliphatic carbocycles. The average Bonchev–Trinajstić information content (AvgIpc) is 2.47. The Kier molecular flexibility index (Phi) is 5.24. The van der Waals surface area contributed by atoms with Gasteiger partial charge in [0.05, 0.1) is 11.5 Å². The Balaban J connectivity index is 2.50. The van der Waals surface area contributed by atoms with E-state index in [2.05, 4.69) is 9.97 Å². The maximum atomic E-state index is 11.9. The lowest BCUT2D eigenvalue weighted by atomic mass is 10.3. The van der Waals surface area contributed by atoms with Crippen LogP contribution in [-0.4, -0.2) is 56.3 Å². The molecule has 0 bridgehead atoms. The van der Waals surface area contributed by atoms with Crippen LogP contribution >= 0.6 is 11.6 Å². The van der Waals surface area contributed by atoms with E-state index < -0.39 is 33.1 Å². The maximum Gasteiger partial charge on any atom is 0.364 e. The number of aromatic nitrogens is 2. The summed E-state index contributed by atoms with van der Waals surface area (Å²) in [6.45, 7) is 2.27. The van der Waals surface area contributed by atoms with Gasteiger partial charge in [0.1, 0.15) is 0 Å². The van der Waals surface area contributed by atoms with Gasteiger partial charge < -0.3 is 9.64 Å². The van der Waals surface area contributed by atoms with Crippen LogP contribution in [0.4, 0.5) is 11.5 Å². The molecule has 120 valence electrons. The molecule has 1 aliphatic heterocycles. The van der Waals surface area contributed by atoms with Crippen LogP contribution in [0.15, 0.2) is 0 Å². The van der Waals surface area contributed by atoms with Gasteiger partial charge in [0.25, 0.3) is 0 Å². The molecule has 22 heavy (non-hydrogen) atoms. The van der Waals surface area contributed by atoms with Crippen molar-refractivity contribution in [1.82, 2.24) is 9.97 Å².